The van der Waals surface area contributed by atoms with Crippen LogP contribution in [-0.4, -0.2) is 33.3 Å². The van der Waals surface area contributed by atoms with E-state index in [1.807, 2.05) is 13.8 Å². The van der Waals surface area contributed by atoms with Crippen molar-refractivity contribution in [1.29, 1.82) is 0 Å². The van der Waals surface area contributed by atoms with Gasteiger partial charge in [0.25, 0.3) is 5.91 Å². The van der Waals surface area contributed by atoms with Crippen molar-refractivity contribution >= 4 is 45.0 Å². The highest BCUT2D eigenvalue weighted by atomic mass is 35.5. The SMILES string of the molecule is COC(=O)Cn1c(=NC(=O)c2ccn(C(C)C)n2)sc2cc(Cl)ccc21. The summed E-state index contributed by atoms with van der Waals surface area (Å²) >= 11 is 7.32. The topological polar surface area (TPSA) is 78.5 Å². The van der Waals surface area contributed by atoms with Gasteiger partial charge in [-0.2, -0.15) is 10.1 Å². The van der Waals surface area contributed by atoms with E-state index < -0.39 is 11.9 Å². The summed E-state index contributed by atoms with van der Waals surface area (Å²) in [6.45, 7) is 3.89. The van der Waals surface area contributed by atoms with Crippen LogP contribution in [-0.2, 0) is 16.1 Å². The lowest BCUT2D eigenvalue weighted by Gasteiger charge is -2.03. The van der Waals surface area contributed by atoms with Gasteiger partial charge in [-0.1, -0.05) is 22.9 Å². The lowest BCUT2D eigenvalue weighted by Crippen LogP contribution is -2.22. The van der Waals surface area contributed by atoms with Crippen LogP contribution in [0.25, 0.3) is 10.2 Å². The first-order valence-corrected chi connectivity index (χ1v) is 9.08. The third-order valence-electron chi connectivity index (χ3n) is 3.71. The molecule has 0 fully saturated rings. The van der Waals surface area contributed by atoms with Crippen LogP contribution in [0.1, 0.15) is 30.4 Å². The molecular weight excluding hydrogens is 376 g/mol. The highest BCUT2D eigenvalue weighted by molar-refractivity contribution is 7.16. The van der Waals surface area contributed by atoms with Crippen molar-refractivity contribution < 1.29 is 14.3 Å². The largest absolute Gasteiger partial charge is 0.468 e. The van der Waals surface area contributed by atoms with Gasteiger partial charge in [0.15, 0.2) is 10.5 Å². The molecule has 2 heterocycles. The van der Waals surface area contributed by atoms with E-state index >= 15 is 0 Å². The summed E-state index contributed by atoms with van der Waals surface area (Å²) < 4.78 is 8.90. The summed E-state index contributed by atoms with van der Waals surface area (Å²) in [4.78, 5) is 28.8. The molecule has 3 aromatic rings. The molecule has 0 atom stereocenters. The van der Waals surface area contributed by atoms with Gasteiger partial charge in [-0.3, -0.25) is 14.3 Å². The zero-order chi connectivity index (χ0) is 18.8. The molecule has 1 amide bonds. The zero-order valence-corrected chi connectivity index (χ0v) is 16.0. The Labute approximate surface area is 158 Å². The van der Waals surface area contributed by atoms with Crippen molar-refractivity contribution in [2.24, 2.45) is 4.99 Å². The normalized spacial score (nSPS) is 12.1. The fraction of sp³-hybridized carbons (Fsp3) is 0.294. The third-order valence-corrected chi connectivity index (χ3v) is 4.99. The first-order valence-electron chi connectivity index (χ1n) is 7.89. The van der Waals surface area contributed by atoms with E-state index in [4.69, 9.17) is 16.3 Å². The Hall–Kier alpha value is -2.45. The number of amides is 1. The van der Waals surface area contributed by atoms with Gasteiger partial charge in [0, 0.05) is 17.3 Å². The predicted molar refractivity (Wildman–Crippen MR) is 99.3 cm³/mol. The van der Waals surface area contributed by atoms with Crippen molar-refractivity contribution in [3.05, 3.63) is 46.0 Å². The minimum atomic E-state index is -0.472. The summed E-state index contributed by atoms with van der Waals surface area (Å²) in [5.74, 6) is -0.904. The molecule has 0 spiro atoms. The van der Waals surface area contributed by atoms with Crippen LogP contribution < -0.4 is 4.80 Å². The molecule has 3 rings (SSSR count). The number of nitrogens with zero attached hydrogens (tertiary/aromatic N) is 4. The summed E-state index contributed by atoms with van der Waals surface area (Å²) in [7, 11) is 1.31. The molecule has 136 valence electrons. The molecule has 9 heteroatoms. The number of carbonyl (C=O) groups is 2. The van der Waals surface area contributed by atoms with Gasteiger partial charge in [0.2, 0.25) is 0 Å². The van der Waals surface area contributed by atoms with E-state index in [0.717, 1.165) is 10.2 Å². The first-order chi connectivity index (χ1) is 12.4. The summed E-state index contributed by atoms with van der Waals surface area (Å²) in [5.41, 5.74) is 1.00. The Kier molecular flexibility index (Phi) is 5.24. The van der Waals surface area contributed by atoms with Crippen LogP contribution in [0.15, 0.2) is 35.5 Å². The van der Waals surface area contributed by atoms with Crippen LogP contribution >= 0.6 is 22.9 Å². The second kappa shape index (κ2) is 7.43. The second-order valence-electron chi connectivity index (χ2n) is 5.85. The lowest BCUT2D eigenvalue weighted by atomic mass is 10.3. The molecule has 2 aromatic heterocycles. The van der Waals surface area contributed by atoms with Gasteiger partial charge < -0.3 is 9.30 Å². The molecular formula is C17H17ClN4O3S. The molecule has 0 radical (unpaired) electrons. The van der Waals surface area contributed by atoms with Crippen LogP contribution in [0.2, 0.25) is 5.02 Å². The molecule has 0 aliphatic rings. The predicted octanol–water partition coefficient (Wildman–Crippen LogP) is 3.05. The second-order valence-corrected chi connectivity index (χ2v) is 7.30. The number of hydrogen-bond donors (Lipinski definition) is 0. The van der Waals surface area contributed by atoms with Gasteiger partial charge >= 0.3 is 5.97 Å². The average Bonchev–Trinajstić information content (AvgIpc) is 3.20. The fourth-order valence-electron chi connectivity index (χ4n) is 2.36. The minimum Gasteiger partial charge on any atom is -0.468 e. The molecule has 1 aromatic carbocycles. The van der Waals surface area contributed by atoms with E-state index in [9.17, 15) is 9.59 Å². The first kappa shape index (κ1) is 18.3. The maximum absolute atomic E-state index is 12.5. The highest BCUT2D eigenvalue weighted by Gasteiger charge is 2.14. The summed E-state index contributed by atoms with van der Waals surface area (Å²) in [6.07, 6.45) is 1.74. The average molecular weight is 393 g/mol. The number of methoxy groups -OCH3 is 1. The number of aromatic nitrogens is 3. The van der Waals surface area contributed by atoms with Crippen molar-refractivity contribution in [1.82, 2.24) is 14.3 Å². The summed E-state index contributed by atoms with van der Waals surface area (Å²) in [6, 6.07) is 7.05. The molecule has 0 saturated heterocycles. The third kappa shape index (κ3) is 3.71. The van der Waals surface area contributed by atoms with Crippen molar-refractivity contribution in [2.75, 3.05) is 7.11 Å². The number of benzene rings is 1. The molecule has 26 heavy (non-hydrogen) atoms. The standard InChI is InChI=1S/C17H17ClN4O3S/c1-10(2)22-7-6-12(20-22)16(24)19-17-21(9-15(23)25-3)13-5-4-11(18)8-14(13)26-17/h4-8,10H,9H2,1-3H3. The Bertz CT molecular complexity index is 1050. The van der Waals surface area contributed by atoms with Crippen LogP contribution in [0.5, 0.6) is 0 Å². The van der Waals surface area contributed by atoms with E-state index in [-0.39, 0.29) is 18.3 Å². The molecule has 0 aliphatic heterocycles. The maximum Gasteiger partial charge on any atom is 0.325 e. The number of rotatable bonds is 4. The van der Waals surface area contributed by atoms with E-state index in [0.29, 0.717) is 9.82 Å². The van der Waals surface area contributed by atoms with E-state index in [1.165, 1.54) is 18.4 Å². The quantitative estimate of drug-likeness (QED) is 0.639. The Morgan fingerprint density at radius 2 is 2.12 bits per heavy atom. The fourth-order valence-corrected chi connectivity index (χ4v) is 3.67. The van der Waals surface area contributed by atoms with Crippen LogP contribution in [0.3, 0.4) is 0 Å². The van der Waals surface area contributed by atoms with Gasteiger partial charge in [0.05, 0.1) is 17.3 Å². The zero-order valence-electron chi connectivity index (χ0n) is 14.5. The van der Waals surface area contributed by atoms with Gasteiger partial charge in [0.1, 0.15) is 6.54 Å². The van der Waals surface area contributed by atoms with Gasteiger partial charge in [-0.05, 0) is 38.1 Å². The number of fused-ring (bicyclic) bond motifs is 1. The summed E-state index contributed by atoms with van der Waals surface area (Å²) in [5, 5.41) is 4.80. The van der Waals surface area contributed by atoms with Gasteiger partial charge in [-0.25, -0.2) is 0 Å². The number of hydrogen-bond acceptors (Lipinski definition) is 5. The van der Waals surface area contributed by atoms with E-state index in [2.05, 4.69) is 10.1 Å². The Morgan fingerprint density at radius 3 is 2.77 bits per heavy atom. The highest BCUT2D eigenvalue weighted by Crippen LogP contribution is 2.22. The maximum atomic E-state index is 12.5. The van der Waals surface area contributed by atoms with Crippen molar-refractivity contribution in [3.8, 4) is 0 Å². The lowest BCUT2D eigenvalue weighted by molar-refractivity contribution is -0.141. The monoisotopic (exact) mass is 392 g/mol. The number of halogens is 1. The van der Waals surface area contributed by atoms with Crippen LogP contribution in [0.4, 0.5) is 0 Å². The minimum absolute atomic E-state index is 0.0509. The number of thiazole rings is 1. The van der Waals surface area contributed by atoms with Crippen molar-refractivity contribution in [2.45, 2.75) is 26.4 Å². The molecule has 7 nitrogen and oxygen atoms in total. The number of ether oxygens (including phenoxy) is 1. The Morgan fingerprint density at radius 1 is 1.35 bits per heavy atom. The molecule has 0 N–H and O–H groups in total. The van der Waals surface area contributed by atoms with Crippen LogP contribution in [0, 0.1) is 0 Å². The molecule has 0 saturated carbocycles. The van der Waals surface area contributed by atoms with E-state index in [1.54, 1.807) is 39.7 Å². The van der Waals surface area contributed by atoms with Gasteiger partial charge in [-0.15, -0.1) is 0 Å². The smallest absolute Gasteiger partial charge is 0.325 e. The molecule has 0 aliphatic carbocycles. The Balaban J connectivity index is 2.09. The molecule has 0 unspecified atom stereocenters. The molecule has 0 bridgehead atoms. The van der Waals surface area contributed by atoms with Crippen molar-refractivity contribution in [3.63, 3.8) is 0 Å². The number of carbonyl (C=O) groups excluding carboxylic acids is 2. The number of esters is 1.